The van der Waals surface area contributed by atoms with Gasteiger partial charge in [0, 0.05) is 11.1 Å². The van der Waals surface area contributed by atoms with Gasteiger partial charge in [0.2, 0.25) is 0 Å². The average Bonchev–Trinajstić information content (AvgIpc) is 3.01. The quantitative estimate of drug-likeness (QED) is 0.729. The highest BCUT2D eigenvalue weighted by atomic mass is 32.2. The number of carbonyl (C=O) groups excluding carboxylic acids is 1. The van der Waals surface area contributed by atoms with Gasteiger partial charge in [-0.1, -0.05) is 5.92 Å². The van der Waals surface area contributed by atoms with Crippen LogP contribution in [0.25, 0.3) is 0 Å². The molecule has 0 unspecified atom stereocenters. The van der Waals surface area contributed by atoms with Crippen molar-refractivity contribution in [3.05, 3.63) is 39.6 Å². The molecule has 0 bridgehead atoms. The Morgan fingerprint density at radius 3 is 2.75 bits per heavy atom. The van der Waals surface area contributed by atoms with Crippen molar-refractivity contribution in [2.45, 2.75) is 6.92 Å². The van der Waals surface area contributed by atoms with Crippen molar-refractivity contribution in [1.29, 1.82) is 0 Å². The van der Waals surface area contributed by atoms with Gasteiger partial charge in [0.15, 0.2) is 10.8 Å². The topological polar surface area (TPSA) is 99.6 Å². The van der Waals surface area contributed by atoms with E-state index in [4.69, 9.17) is 0 Å². The molecular formula is C14H10FN3O4S2. The first kappa shape index (κ1) is 16.2. The van der Waals surface area contributed by atoms with Gasteiger partial charge in [0.1, 0.15) is 18.0 Å². The molecule has 0 saturated carbocycles. The summed E-state index contributed by atoms with van der Waals surface area (Å²) >= 11 is 1.33. The molecule has 0 atom stereocenters. The van der Waals surface area contributed by atoms with Crippen LogP contribution >= 0.6 is 11.3 Å². The van der Waals surface area contributed by atoms with E-state index in [1.165, 1.54) is 17.4 Å². The molecule has 24 heavy (non-hydrogen) atoms. The molecule has 1 aromatic carbocycles. The summed E-state index contributed by atoms with van der Waals surface area (Å²) < 4.78 is 40.5. The van der Waals surface area contributed by atoms with Crippen LogP contribution in [0.3, 0.4) is 0 Å². The maximum absolute atomic E-state index is 14.6. The molecule has 0 radical (unpaired) electrons. The number of carbonyl (C=O) groups is 1. The van der Waals surface area contributed by atoms with E-state index in [0.717, 1.165) is 10.9 Å². The predicted octanol–water partition coefficient (Wildman–Crippen LogP) is 0.877. The second-order valence-corrected chi connectivity index (χ2v) is 7.69. The fourth-order valence-corrected chi connectivity index (χ4v) is 3.85. The predicted molar refractivity (Wildman–Crippen MR) is 85.3 cm³/mol. The van der Waals surface area contributed by atoms with Gasteiger partial charge in [0.05, 0.1) is 5.56 Å². The highest BCUT2D eigenvalue weighted by molar-refractivity contribution is 7.92. The molecule has 2 heterocycles. The molecule has 0 aliphatic carbocycles. The zero-order valence-electron chi connectivity index (χ0n) is 12.2. The van der Waals surface area contributed by atoms with Gasteiger partial charge < -0.3 is 5.11 Å². The summed E-state index contributed by atoms with van der Waals surface area (Å²) in [6, 6.07) is 2.34. The smallest absolute Gasteiger partial charge is 0.326 e. The minimum Gasteiger partial charge on any atom is -0.506 e. The number of nitrogens with one attached hydrogen (secondary N) is 1. The summed E-state index contributed by atoms with van der Waals surface area (Å²) in [6.45, 7) is 1.24. The van der Waals surface area contributed by atoms with E-state index in [2.05, 4.69) is 16.8 Å². The number of nitrogens with zero attached hydrogens (tertiary/aromatic N) is 2. The number of hydrogen-bond acceptors (Lipinski definition) is 6. The normalized spacial score (nSPS) is 15.8. The van der Waals surface area contributed by atoms with E-state index in [1.54, 1.807) is 10.9 Å². The Morgan fingerprint density at radius 2 is 2.17 bits per heavy atom. The van der Waals surface area contributed by atoms with E-state index in [0.29, 0.717) is 9.31 Å². The minimum absolute atomic E-state index is 0.120. The molecule has 3 rings (SSSR count). The Labute approximate surface area is 140 Å². The van der Waals surface area contributed by atoms with Crippen LogP contribution in [-0.4, -0.2) is 31.0 Å². The molecule has 124 valence electrons. The van der Waals surface area contributed by atoms with Crippen LogP contribution in [0.15, 0.2) is 18.3 Å². The van der Waals surface area contributed by atoms with Crippen LogP contribution in [0.1, 0.15) is 15.4 Å². The lowest BCUT2D eigenvalue weighted by Crippen LogP contribution is -2.30. The number of aromatic nitrogens is 1. The standard InChI is InChI=1S/C14H10FN3O4S2/c1-8-6-16-12(23-8)5-3-9-2-4-10(19)14(13(9)15)18-7-11(20)17-24(18,21)22/h2,4,6,19H,7H2,1H3,(H,17,20). The Hall–Kier alpha value is -2.64. The Kier molecular flexibility index (Phi) is 3.90. The fraction of sp³-hybridized carbons (Fsp3) is 0.143. The number of amides is 1. The highest BCUT2D eigenvalue weighted by Crippen LogP contribution is 2.34. The zero-order valence-corrected chi connectivity index (χ0v) is 13.8. The molecule has 1 aliphatic rings. The molecule has 1 saturated heterocycles. The van der Waals surface area contributed by atoms with E-state index in [1.807, 2.05) is 6.92 Å². The molecule has 0 spiro atoms. The Balaban J connectivity index is 2.06. The number of aryl methyl sites for hydroxylation is 1. The third kappa shape index (κ3) is 2.91. The molecular weight excluding hydrogens is 357 g/mol. The van der Waals surface area contributed by atoms with Crippen molar-refractivity contribution in [1.82, 2.24) is 9.71 Å². The van der Waals surface area contributed by atoms with Crippen LogP contribution in [0.4, 0.5) is 10.1 Å². The number of hydrogen-bond donors (Lipinski definition) is 2. The minimum atomic E-state index is -4.24. The number of phenolic OH excluding ortho intramolecular Hbond substituents is 1. The molecule has 1 aromatic heterocycles. The van der Waals surface area contributed by atoms with Gasteiger partial charge in [-0.05, 0) is 25.0 Å². The largest absolute Gasteiger partial charge is 0.506 e. The lowest BCUT2D eigenvalue weighted by Gasteiger charge is -2.17. The van der Waals surface area contributed by atoms with Crippen molar-refractivity contribution in [3.63, 3.8) is 0 Å². The summed E-state index contributed by atoms with van der Waals surface area (Å²) in [4.78, 5) is 16.3. The van der Waals surface area contributed by atoms with Crippen molar-refractivity contribution in [2.24, 2.45) is 0 Å². The summed E-state index contributed by atoms with van der Waals surface area (Å²) in [5.41, 5.74) is -0.735. The first-order valence-electron chi connectivity index (χ1n) is 6.57. The molecule has 1 fully saturated rings. The van der Waals surface area contributed by atoms with Gasteiger partial charge in [-0.2, -0.15) is 8.42 Å². The first-order chi connectivity index (χ1) is 11.3. The summed E-state index contributed by atoms with van der Waals surface area (Å²) in [7, 11) is -4.24. The second kappa shape index (κ2) is 5.77. The number of halogens is 1. The zero-order chi connectivity index (χ0) is 17.5. The number of anilines is 1. The van der Waals surface area contributed by atoms with Gasteiger partial charge in [-0.3, -0.25) is 4.79 Å². The molecule has 1 aliphatic heterocycles. The number of phenols is 1. The number of rotatable bonds is 1. The average molecular weight is 367 g/mol. The van der Waals surface area contributed by atoms with E-state index in [9.17, 15) is 22.7 Å². The maximum Gasteiger partial charge on any atom is 0.326 e. The number of benzene rings is 1. The van der Waals surface area contributed by atoms with Crippen LogP contribution in [0, 0.1) is 24.6 Å². The van der Waals surface area contributed by atoms with Crippen molar-refractivity contribution in [3.8, 4) is 17.6 Å². The molecule has 2 N–H and O–H groups in total. The van der Waals surface area contributed by atoms with Crippen molar-refractivity contribution >= 4 is 33.1 Å². The van der Waals surface area contributed by atoms with Gasteiger partial charge >= 0.3 is 10.2 Å². The first-order valence-corrected chi connectivity index (χ1v) is 8.83. The number of thiazole rings is 1. The highest BCUT2D eigenvalue weighted by Gasteiger charge is 2.37. The van der Waals surface area contributed by atoms with Crippen molar-refractivity contribution < 1.29 is 22.7 Å². The van der Waals surface area contributed by atoms with Crippen LogP contribution in [-0.2, 0) is 15.0 Å². The monoisotopic (exact) mass is 367 g/mol. The SMILES string of the molecule is Cc1cnc(C#Cc2ccc(O)c(N3CC(=O)NS3(=O)=O)c2F)s1. The van der Waals surface area contributed by atoms with E-state index >= 15 is 0 Å². The Bertz CT molecular complexity index is 1000. The lowest BCUT2D eigenvalue weighted by atomic mass is 10.1. The molecule has 1 amide bonds. The summed E-state index contributed by atoms with van der Waals surface area (Å²) in [5.74, 6) is 2.78. The van der Waals surface area contributed by atoms with Crippen LogP contribution in [0.2, 0.25) is 0 Å². The van der Waals surface area contributed by atoms with Crippen LogP contribution in [0.5, 0.6) is 5.75 Å². The van der Waals surface area contributed by atoms with E-state index < -0.39 is 39.9 Å². The molecule has 7 nitrogen and oxygen atoms in total. The van der Waals surface area contributed by atoms with Gasteiger partial charge in [0.25, 0.3) is 5.91 Å². The van der Waals surface area contributed by atoms with E-state index in [-0.39, 0.29) is 5.56 Å². The third-order valence-corrected chi connectivity index (χ3v) is 5.30. The molecule has 10 heteroatoms. The van der Waals surface area contributed by atoms with Gasteiger partial charge in [-0.25, -0.2) is 18.4 Å². The molecule has 2 aromatic rings. The Morgan fingerprint density at radius 1 is 1.42 bits per heavy atom. The van der Waals surface area contributed by atoms with Crippen LogP contribution < -0.4 is 9.03 Å². The summed E-state index contributed by atoms with van der Waals surface area (Å²) in [6.07, 6.45) is 1.63. The van der Waals surface area contributed by atoms with Gasteiger partial charge in [-0.15, -0.1) is 11.3 Å². The second-order valence-electron chi connectivity index (χ2n) is 4.86. The lowest BCUT2D eigenvalue weighted by molar-refractivity contribution is -0.117. The third-order valence-electron chi connectivity index (χ3n) is 3.09. The summed E-state index contributed by atoms with van der Waals surface area (Å²) in [5, 5.41) is 10.3. The fourth-order valence-electron chi connectivity index (χ4n) is 2.07. The number of aromatic hydroxyl groups is 1. The maximum atomic E-state index is 14.6. The van der Waals surface area contributed by atoms with Crippen molar-refractivity contribution in [2.75, 3.05) is 10.8 Å².